The molecule has 3 aliphatic rings. The number of carboxylic acid groups (broad SMARTS) is 1. The summed E-state index contributed by atoms with van der Waals surface area (Å²) in [5, 5.41) is 10.4. The van der Waals surface area contributed by atoms with Gasteiger partial charge in [0.1, 0.15) is 0 Å². The number of aliphatic carboxylic acids is 1. The fourth-order valence-corrected chi connectivity index (χ4v) is 6.23. The summed E-state index contributed by atoms with van der Waals surface area (Å²) in [5.74, 6) is 0.538. The first-order valence-corrected chi connectivity index (χ1v) is 12.4. The number of benzene rings is 3. The molecule has 3 heterocycles. The van der Waals surface area contributed by atoms with Gasteiger partial charge >= 0.3 is 5.97 Å². The second kappa shape index (κ2) is 8.23. The molecule has 0 spiro atoms. The van der Waals surface area contributed by atoms with Crippen LogP contribution in [0.15, 0.2) is 59.1 Å². The Hall–Kier alpha value is -4.58. The Bertz CT molecular complexity index is 1610. The standard InChI is InChI=1S/C25H19NO10S/c1-31-18-9-15-22(10-19(18)32-2)37(29,30)26(14-4-6-17-21(8-14)36-12-34-17)24(25(27)28)23(15)13-3-5-16-20(7-13)35-11-33-16/h3-10H,11-12H2,1-2H3,(H,27,28). The van der Waals surface area contributed by atoms with E-state index in [0.717, 1.165) is 4.31 Å². The lowest BCUT2D eigenvalue weighted by atomic mass is 9.94. The van der Waals surface area contributed by atoms with E-state index in [9.17, 15) is 18.3 Å². The number of rotatable bonds is 5. The molecule has 12 heteroatoms. The van der Waals surface area contributed by atoms with Crippen LogP contribution in [0.2, 0.25) is 0 Å². The molecule has 37 heavy (non-hydrogen) atoms. The maximum absolute atomic E-state index is 14.1. The monoisotopic (exact) mass is 525 g/mol. The van der Waals surface area contributed by atoms with E-state index in [-0.39, 0.29) is 46.8 Å². The number of carboxylic acids is 1. The van der Waals surface area contributed by atoms with Gasteiger partial charge in [-0.05, 0) is 35.9 Å². The number of sulfonamides is 1. The van der Waals surface area contributed by atoms with E-state index in [4.69, 9.17) is 28.4 Å². The van der Waals surface area contributed by atoms with E-state index in [2.05, 4.69) is 0 Å². The number of fused-ring (bicyclic) bond motifs is 3. The number of anilines is 1. The first kappa shape index (κ1) is 22.9. The van der Waals surface area contributed by atoms with Crippen molar-refractivity contribution in [1.29, 1.82) is 0 Å². The molecule has 3 aromatic rings. The molecule has 3 aliphatic heterocycles. The first-order chi connectivity index (χ1) is 17.8. The average Bonchev–Trinajstić information content (AvgIpc) is 3.56. The molecule has 1 N–H and O–H groups in total. The highest BCUT2D eigenvalue weighted by molar-refractivity contribution is 7.93. The van der Waals surface area contributed by atoms with E-state index in [1.54, 1.807) is 18.2 Å². The Labute approximate surface area is 211 Å². The zero-order chi connectivity index (χ0) is 25.9. The highest BCUT2D eigenvalue weighted by atomic mass is 32.2. The molecule has 6 rings (SSSR count). The van der Waals surface area contributed by atoms with Gasteiger partial charge in [-0.15, -0.1) is 0 Å². The van der Waals surface area contributed by atoms with E-state index >= 15 is 0 Å². The van der Waals surface area contributed by atoms with E-state index in [0.29, 0.717) is 28.6 Å². The van der Waals surface area contributed by atoms with Crippen LogP contribution in [0.3, 0.4) is 0 Å². The number of carbonyl (C=O) groups is 1. The smallest absolute Gasteiger partial charge is 0.354 e. The summed E-state index contributed by atoms with van der Waals surface area (Å²) in [6.07, 6.45) is 0. The van der Waals surface area contributed by atoms with Gasteiger partial charge in [-0.3, -0.25) is 0 Å². The Kier molecular flexibility index (Phi) is 5.09. The van der Waals surface area contributed by atoms with Crippen molar-refractivity contribution in [2.24, 2.45) is 0 Å². The molecular formula is C25H19NO10S. The molecule has 0 saturated carbocycles. The largest absolute Gasteiger partial charge is 0.493 e. The Morgan fingerprint density at radius 2 is 1.43 bits per heavy atom. The number of hydrogen-bond donors (Lipinski definition) is 1. The second-order valence-corrected chi connectivity index (χ2v) is 9.86. The molecule has 0 saturated heterocycles. The van der Waals surface area contributed by atoms with Crippen molar-refractivity contribution in [2.75, 3.05) is 32.1 Å². The third kappa shape index (κ3) is 3.40. The summed E-state index contributed by atoms with van der Waals surface area (Å²) in [6.45, 7) is -0.0155. The van der Waals surface area contributed by atoms with Gasteiger partial charge in [0, 0.05) is 23.3 Å². The van der Waals surface area contributed by atoms with Crippen LogP contribution in [0.25, 0.3) is 5.57 Å². The second-order valence-electron chi connectivity index (χ2n) is 8.11. The van der Waals surface area contributed by atoms with Crippen LogP contribution in [-0.2, 0) is 14.8 Å². The molecule has 0 radical (unpaired) electrons. The minimum absolute atomic E-state index is 0.0168. The van der Waals surface area contributed by atoms with Gasteiger partial charge in [-0.1, -0.05) is 6.07 Å². The van der Waals surface area contributed by atoms with Gasteiger partial charge in [0.15, 0.2) is 40.2 Å². The minimum Gasteiger partial charge on any atom is -0.493 e. The molecule has 0 atom stereocenters. The molecule has 0 amide bonds. The number of ether oxygens (including phenoxy) is 6. The van der Waals surface area contributed by atoms with E-state index < -0.39 is 21.7 Å². The topological polar surface area (TPSA) is 130 Å². The van der Waals surface area contributed by atoms with Crippen LogP contribution in [-0.4, -0.2) is 47.3 Å². The fourth-order valence-electron chi connectivity index (χ4n) is 4.53. The van der Waals surface area contributed by atoms with Gasteiger partial charge < -0.3 is 33.5 Å². The van der Waals surface area contributed by atoms with Crippen molar-refractivity contribution in [2.45, 2.75) is 4.90 Å². The van der Waals surface area contributed by atoms with Crippen LogP contribution in [0.5, 0.6) is 34.5 Å². The molecule has 0 fully saturated rings. The van der Waals surface area contributed by atoms with Gasteiger partial charge in [-0.25, -0.2) is 17.5 Å². The summed E-state index contributed by atoms with van der Waals surface area (Å²) in [6, 6.07) is 12.1. The van der Waals surface area contributed by atoms with Gasteiger partial charge in [-0.2, -0.15) is 0 Å². The van der Waals surface area contributed by atoms with Gasteiger partial charge in [0.05, 0.1) is 24.8 Å². The Morgan fingerprint density at radius 1 is 0.838 bits per heavy atom. The molecular weight excluding hydrogens is 506 g/mol. The number of methoxy groups -OCH3 is 2. The van der Waals surface area contributed by atoms with Crippen LogP contribution >= 0.6 is 0 Å². The summed E-state index contributed by atoms with van der Waals surface area (Å²) < 4.78 is 61.3. The third-order valence-corrected chi connectivity index (χ3v) is 7.94. The molecule has 11 nitrogen and oxygen atoms in total. The van der Waals surface area contributed by atoms with Crippen LogP contribution < -0.4 is 32.7 Å². The maximum atomic E-state index is 14.1. The van der Waals surface area contributed by atoms with Crippen LogP contribution in [0, 0.1) is 0 Å². The van der Waals surface area contributed by atoms with Crippen LogP contribution in [0.4, 0.5) is 5.69 Å². The quantitative estimate of drug-likeness (QED) is 0.530. The predicted molar refractivity (Wildman–Crippen MR) is 128 cm³/mol. The molecule has 3 aromatic carbocycles. The van der Waals surface area contributed by atoms with Gasteiger partial charge in [0.2, 0.25) is 13.6 Å². The lowest BCUT2D eigenvalue weighted by Crippen LogP contribution is -2.38. The average molecular weight is 525 g/mol. The Balaban J connectivity index is 1.70. The predicted octanol–water partition coefficient (Wildman–Crippen LogP) is 3.21. The van der Waals surface area contributed by atoms with E-state index in [1.807, 2.05) is 0 Å². The zero-order valence-corrected chi connectivity index (χ0v) is 20.3. The summed E-state index contributed by atoms with van der Waals surface area (Å²) >= 11 is 0. The molecule has 0 bridgehead atoms. The fraction of sp³-hybridized carbons (Fsp3) is 0.160. The summed E-state index contributed by atoms with van der Waals surface area (Å²) in [7, 11) is -1.66. The van der Waals surface area contributed by atoms with Gasteiger partial charge in [0.25, 0.3) is 10.0 Å². The van der Waals surface area contributed by atoms with Crippen molar-refractivity contribution >= 4 is 27.3 Å². The highest BCUT2D eigenvalue weighted by Crippen LogP contribution is 2.49. The van der Waals surface area contributed by atoms with Crippen molar-refractivity contribution in [3.05, 3.63) is 65.4 Å². The van der Waals surface area contributed by atoms with Crippen molar-refractivity contribution in [3.8, 4) is 34.5 Å². The lowest BCUT2D eigenvalue weighted by molar-refractivity contribution is -0.132. The summed E-state index contributed by atoms with van der Waals surface area (Å²) in [4.78, 5) is 12.7. The van der Waals surface area contributed by atoms with E-state index in [1.165, 1.54) is 44.6 Å². The third-order valence-electron chi connectivity index (χ3n) is 6.17. The van der Waals surface area contributed by atoms with Crippen LogP contribution in [0.1, 0.15) is 11.1 Å². The van der Waals surface area contributed by atoms with Crippen molar-refractivity contribution < 1.29 is 46.7 Å². The van der Waals surface area contributed by atoms with Crippen molar-refractivity contribution in [3.63, 3.8) is 0 Å². The number of hydrogen-bond acceptors (Lipinski definition) is 9. The molecule has 190 valence electrons. The summed E-state index contributed by atoms with van der Waals surface area (Å²) in [5.41, 5.74) is 0.230. The zero-order valence-electron chi connectivity index (χ0n) is 19.5. The Morgan fingerprint density at radius 3 is 2.08 bits per heavy atom. The number of nitrogens with zero attached hydrogens (tertiary/aromatic N) is 1. The first-order valence-electron chi connectivity index (χ1n) is 10.9. The van der Waals surface area contributed by atoms with Crippen molar-refractivity contribution in [1.82, 2.24) is 0 Å². The highest BCUT2D eigenvalue weighted by Gasteiger charge is 2.43. The molecule has 0 aromatic heterocycles. The lowest BCUT2D eigenvalue weighted by Gasteiger charge is -2.33. The maximum Gasteiger partial charge on any atom is 0.354 e. The molecule has 0 unspecified atom stereocenters. The normalized spacial score (nSPS) is 16.4. The molecule has 0 aliphatic carbocycles. The SMILES string of the molecule is COc1cc2c(cc1OC)S(=O)(=O)N(c1ccc3c(c1)OCO3)C(C(=O)O)=C2c1ccc2c(c1)OCO2. The minimum atomic E-state index is -4.45.